The maximum atomic E-state index is 11.6. The van der Waals surface area contributed by atoms with Crippen LogP contribution < -0.4 is 11.1 Å². The molecule has 0 saturated carbocycles. The average Bonchev–Trinajstić information content (AvgIpc) is 2.79. The van der Waals surface area contributed by atoms with Crippen molar-refractivity contribution in [1.82, 2.24) is 5.32 Å². The van der Waals surface area contributed by atoms with Crippen LogP contribution in [-0.2, 0) is 11.2 Å². The third-order valence-electron chi connectivity index (χ3n) is 2.85. The molecule has 0 saturated heterocycles. The highest BCUT2D eigenvalue weighted by molar-refractivity contribution is 7.07. The Morgan fingerprint density at radius 2 is 2.38 bits per heavy atom. The summed E-state index contributed by atoms with van der Waals surface area (Å²) in [5.41, 5.74) is 7.09. The van der Waals surface area contributed by atoms with E-state index in [0.29, 0.717) is 6.54 Å². The molecule has 0 aromatic carbocycles. The molecule has 0 fully saturated rings. The van der Waals surface area contributed by atoms with Gasteiger partial charge in [-0.1, -0.05) is 20.3 Å². The normalized spacial score (nSPS) is 14.4. The van der Waals surface area contributed by atoms with E-state index in [2.05, 4.69) is 16.8 Å². The van der Waals surface area contributed by atoms with Gasteiger partial charge in [-0.05, 0) is 34.7 Å². The summed E-state index contributed by atoms with van der Waals surface area (Å²) in [6.45, 7) is 4.71. The van der Waals surface area contributed by atoms with Crippen molar-refractivity contribution in [3.05, 3.63) is 22.4 Å². The van der Waals surface area contributed by atoms with E-state index in [-0.39, 0.29) is 17.9 Å². The minimum Gasteiger partial charge on any atom is -0.354 e. The van der Waals surface area contributed by atoms with E-state index in [4.69, 9.17) is 5.73 Å². The molecule has 16 heavy (non-hydrogen) atoms. The van der Waals surface area contributed by atoms with Crippen LogP contribution >= 0.6 is 11.3 Å². The second-order valence-corrected chi connectivity index (χ2v) is 4.86. The molecule has 3 N–H and O–H groups in total. The van der Waals surface area contributed by atoms with Crippen molar-refractivity contribution < 1.29 is 4.79 Å². The second kappa shape index (κ2) is 6.66. The van der Waals surface area contributed by atoms with Crippen molar-refractivity contribution >= 4 is 17.2 Å². The molecule has 2 atom stereocenters. The molecule has 0 radical (unpaired) electrons. The van der Waals surface area contributed by atoms with E-state index in [1.807, 2.05) is 19.2 Å². The van der Waals surface area contributed by atoms with Crippen LogP contribution in [0.5, 0.6) is 0 Å². The SMILES string of the molecule is CC[C@H](C)[C@H](N)C(=O)NCCc1ccsc1. The van der Waals surface area contributed by atoms with E-state index in [9.17, 15) is 4.79 Å². The first-order valence-corrected chi connectivity index (χ1v) is 6.63. The summed E-state index contributed by atoms with van der Waals surface area (Å²) >= 11 is 1.68. The van der Waals surface area contributed by atoms with E-state index >= 15 is 0 Å². The lowest BCUT2D eigenvalue weighted by atomic mass is 9.99. The van der Waals surface area contributed by atoms with Crippen molar-refractivity contribution in [2.45, 2.75) is 32.7 Å². The Morgan fingerprint density at radius 3 is 2.94 bits per heavy atom. The Balaban J connectivity index is 2.24. The van der Waals surface area contributed by atoms with Gasteiger partial charge in [-0.2, -0.15) is 11.3 Å². The number of hydrogen-bond acceptors (Lipinski definition) is 3. The van der Waals surface area contributed by atoms with Gasteiger partial charge in [-0.25, -0.2) is 0 Å². The Bertz CT molecular complexity index is 311. The zero-order valence-corrected chi connectivity index (χ0v) is 10.7. The molecule has 1 heterocycles. The monoisotopic (exact) mass is 240 g/mol. The molecule has 0 aliphatic heterocycles. The maximum absolute atomic E-state index is 11.6. The van der Waals surface area contributed by atoms with Crippen molar-refractivity contribution in [3.8, 4) is 0 Å². The van der Waals surface area contributed by atoms with E-state index in [1.165, 1.54) is 5.56 Å². The molecule has 3 nitrogen and oxygen atoms in total. The van der Waals surface area contributed by atoms with Gasteiger partial charge in [0.15, 0.2) is 0 Å². The largest absolute Gasteiger partial charge is 0.354 e. The molecule has 1 aromatic rings. The van der Waals surface area contributed by atoms with Gasteiger partial charge in [0.05, 0.1) is 6.04 Å². The minimum atomic E-state index is -0.382. The molecule has 0 bridgehead atoms. The van der Waals surface area contributed by atoms with Crippen LogP contribution in [0, 0.1) is 5.92 Å². The van der Waals surface area contributed by atoms with E-state index in [1.54, 1.807) is 11.3 Å². The molecule has 0 unspecified atom stereocenters. The van der Waals surface area contributed by atoms with Crippen LogP contribution in [0.15, 0.2) is 16.8 Å². The highest BCUT2D eigenvalue weighted by atomic mass is 32.1. The summed E-state index contributed by atoms with van der Waals surface area (Å²) in [7, 11) is 0. The van der Waals surface area contributed by atoms with Crippen LogP contribution in [0.1, 0.15) is 25.8 Å². The third-order valence-corrected chi connectivity index (χ3v) is 3.58. The molecule has 4 heteroatoms. The minimum absolute atomic E-state index is 0.0374. The number of carbonyl (C=O) groups excluding carboxylic acids is 1. The highest BCUT2D eigenvalue weighted by Crippen LogP contribution is 2.07. The molecule has 0 aliphatic rings. The first-order valence-electron chi connectivity index (χ1n) is 5.69. The standard InChI is InChI=1S/C12H20N2OS/c1-3-9(2)11(13)12(15)14-6-4-10-5-7-16-8-10/h5,7-9,11H,3-4,6,13H2,1-2H3,(H,14,15)/t9-,11-/m0/s1. The molecule has 90 valence electrons. The fraction of sp³-hybridized carbons (Fsp3) is 0.583. The van der Waals surface area contributed by atoms with Crippen LogP contribution in [0.2, 0.25) is 0 Å². The fourth-order valence-electron chi connectivity index (χ4n) is 1.40. The Hall–Kier alpha value is -0.870. The van der Waals surface area contributed by atoms with Crippen molar-refractivity contribution in [3.63, 3.8) is 0 Å². The van der Waals surface area contributed by atoms with E-state index in [0.717, 1.165) is 12.8 Å². The van der Waals surface area contributed by atoms with Gasteiger partial charge in [-0.15, -0.1) is 0 Å². The van der Waals surface area contributed by atoms with Gasteiger partial charge in [-0.3, -0.25) is 4.79 Å². The van der Waals surface area contributed by atoms with Crippen LogP contribution in [0.3, 0.4) is 0 Å². The summed E-state index contributed by atoms with van der Waals surface area (Å²) < 4.78 is 0. The number of rotatable bonds is 6. The van der Waals surface area contributed by atoms with Gasteiger partial charge >= 0.3 is 0 Å². The smallest absolute Gasteiger partial charge is 0.237 e. The number of hydrogen-bond donors (Lipinski definition) is 2. The quantitative estimate of drug-likeness (QED) is 0.796. The van der Waals surface area contributed by atoms with Crippen molar-refractivity contribution in [2.24, 2.45) is 11.7 Å². The Kier molecular flexibility index (Phi) is 5.49. The summed E-state index contributed by atoms with van der Waals surface area (Å²) in [5, 5.41) is 7.02. The molecular weight excluding hydrogens is 220 g/mol. The zero-order chi connectivity index (χ0) is 12.0. The zero-order valence-electron chi connectivity index (χ0n) is 9.90. The highest BCUT2D eigenvalue weighted by Gasteiger charge is 2.18. The Morgan fingerprint density at radius 1 is 1.62 bits per heavy atom. The predicted octanol–water partition coefficient (Wildman–Crippen LogP) is 1.78. The number of carbonyl (C=O) groups is 1. The summed E-state index contributed by atoms with van der Waals surface area (Å²) in [6.07, 6.45) is 1.81. The lowest BCUT2D eigenvalue weighted by Gasteiger charge is -2.17. The summed E-state index contributed by atoms with van der Waals surface area (Å²) in [5.74, 6) is 0.200. The predicted molar refractivity (Wildman–Crippen MR) is 68.5 cm³/mol. The van der Waals surface area contributed by atoms with Crippen LogP contribution in [0.4, 0.5) is 0 Å². The van der Waals surface area contributed by atoms with Gasteiger partial charge < -0.3 is 11.1 Å². The molecule has 1 aromatic heterocycles. The van der Waals surface area contributed by atoms with Gasteiger partial charge in [0, 0.05) is 6.54 Å². The second-order valence-electron chi connectivity index (χ2n) is 4.08. The third kappa shape index (κ3) is 3.94. The lowest BCUT2D eigenvalue weighted by molar-refractivity contribution is -0.123. The molecule has 0 aliphatic carbocycles. The van der Waals surface area contributed by atoms with Crippen molar-refractivity contribution in [2.75, 3.05) is 6.54 Å². The Labute approximate surface area is 101 Å². The number of nitrogens with one attached hydrogen (secondary N) is 1. The maximum Gasteiger partial charge on any atom is 0.237 e. The van der Waals surface area contributed by atoms with Crippen molar-refractivity contribution in [1.29, 1.82) is 0 Å². The fourth-order valence-corrected chi connectivity index (χ4v) is 2.10. The van der Waals surface area contributed by atoms with Gasteiger partial charge in [0.25, 0.3) is 0 Å². The molecule has 0 spiro atoms. The van der Waals surface area contributed by atoms with E-state index < -0.39 is 0 Å². The lowest BCUT2D eigenvalue weighted by Crippen LogP contribution is -2.45. The molecule has 1 amide bonds. The summed E-state index contributed by atoms with van der Waals surface area (Å²) in [6, 6.07) is 1.69. The molecule has 1 rings (SSSR count). The topological polar surface area (TPSA) is 55.1 Å². The number of amides is 1. The van der Waals surface area contributed by atoms with Crippen LogP contribution in [-0.4, -0.2) is 18.5 Å². The van der Waals surface area contributed by atoms with Crippen LogP contribution in [0.25, 0.3) is 0 Å². The molecular formula is C12H20N2OS. The number of thiophene rings is 1. The van der Waals surface area contributed by atoms with Gasteiger partial charge in [0.1, 0.15) is 0 Å². The summed E-state index contributed by atoms with van der Waals surface area (Å²) in [4.78, 5) is 11.6. The first-order chi connectivity index (χ1) is 7.65. The van der Waals surface area contributed by atoms with Gasteiger partial charge in [0.2, 0.25) is 5.91 Å². The average molecular weight is 240 g/mol. The number of nitrogens with two attached hydrogens (primary N) is 1. The first kappa shape index (κ1) is 13.2.